The third-order valence-electron chi connectivity index (χ3n) is 4.61. The Bertz CT molecular complexity index is 892. The second kappa shape index (κ2) is 9.56. The summed E-state index contributed by atoms with van der Waals surface area (Å²) in [7, 11) is -6.88. The van der Waals surface area contributed by atoms with Gasteiger partial charge in [0, 0.05) is 31.1 Å². The highest BCUT2D eigenvalue weighted by Crippen LogP contribution is 2.21. The number of nitrogens with one attached hydrogen (secondary N) is 1. The molecular formula is C18H27ClN2O5S2. The monoisotopic (exact) mass is 450 g/mol. The average Bonchev–Trinajstić information content (AvgIpc) is 2.60. The van der Waals surface area contributed by atoms with Gasteiger partial charge in [0.1, 0.15) is 0 Å². The number of sulfone groups is 1. The van der Waals surface area contributed by atoms with E-state index in [2.05, 4.69) is 4.72 Å². The predicted molar refractivity (Wildman–Crippen MR) is 109 cm³/mol. The summed E-state index contributed by atoms with van der Waals surface area (Å²) in [6.07, 6.45) is 0.868. The zero-order valence-corrected chi connectivity index (χ0v) is 18.5. The average molecular weight is 451 g/mol. The molecule has 1 saturated heterocycles. The highest BCUT2D eigenvalue weighted by atomic mass is 35.5. The maximum absolute atomic E-state index is 12.3. The summed E-state index contributed by atoms with van der Waals surface area (Å²) in [5.74, 6) is 0.0577. The fourth-order valence-electron chi connectivity index (χ4n) is 3.23. The van der Waals surface area contributed by atoms with E-state index in [0.29, 0.717) is 31.0 Å². The molecule has 158 valence electrons. The van der Waals surface area contributed by atoms with Crippen molar-refractivity contribution in [2.45, 2.75) is 43.3 Å². The third-order valence-corrected chi connectivity index (χ3v) is 8.92. The number of halogens is 1. The molecule has 1 fully saturated rings. The standard InChI is InChI=1S/C18H27ClN2O5S2/c1-14(2)13-27(23,24)16-7-10-21(11-8-16)18(22)6-9-20-28(25,26)17-5-3-4-15(19)12-17/h3-5,12,14,16,20H,6-11,13H2,1-2H3. The highest BCUT2D eigenvalue weighted by molar-refractivity contribution is 7.92. The number of piperidine rings is 1. The first-order chi connectivity index (χ1) is 13.0. The van der Waals surface area contributed by atoms with Gasteiger partial charge in [-0.2, -0.15) is 0 Å². The van der Waals surface area contributed by atoms with Crippen LogP contribution in [-0.4, -0.2) is 58.3 Å². The van der Waals surface area contributed by atoms with Crippen LogP contribution in [0.2, 0.25) is 5.02 Å². The molecule has 0 bridgehead atoms. The highest BCUT2D eigenvalue weighted by Gasteiger charge is 2.31. The lowest BCUT2D eigenvalue weighted by Crippen LogP contribution is -2.44. The van der Waals surface area contributed by atoms with Crippen LogP contribution in [-0.2, 0) is 24.7 Å². The molecule has 1 N–H and O–H groups in total. The Balaban J connectivity index is 1.82. The molecule has 0 aliphatic carbocycles. The number of benzene rings is 1. The van der Waals surface area contributed by atoms with E-state index in [9.17, 15) is 21.6 Å². The van der Waals surface area contributed by atoms with Crippen LogP contribution in [0.4, 0.5) is 0 Å². The van der Waals surface area contributed by atoms with Crippen molar-refractivity contribution in [3.63, 3.8) is 0 Å². The van der Waals surface area contributed by atoms with Crippen molar-refractivity contribution in [1.82, 2.24) is 9.62 Å². The van der Waals surface area contributed by atoms with Crippen molar-refractivity contribution >= 4 is 37.4 Å². The van der Waals surface area contributed by atoms with Gasteiger partial charge in [-0.15, -0.1) is 0 Å². The molecule has 0 saturated carbocycles. The first-order valence-corrected chi connectivity index (χ1v) is 12.8. The molecule has 0 unspecified atom stereocenters. The van der Waals surface area contributed by atoms with E-state index in [0.717, 1.165) is 0 Å². The van der Waals surface area contributed by atoms with Gasteiger partial charge in [0.15, 0.2) is 9.84 Å². The van der Waals surface area contributed by atoms with Crippen LogP contribution >= 0.6 is 11.6 Å². The molecule has 1 aliphatic heterocycles. The van der Waals surface area contributed by atoms with Gasteiger partial charge in [-0.25, -0.2) is 21.6 Å². The van der Waals surface area contributed by atoms with Gasteiger partial charge in [0.25, 0.3) is 0 Å². The van der Waals surface area contributed by atoms with Crippen LogP contribution < -0.4 is 4.72 Å². The van der Waals surface area contributed by atoms with Crippen LogP contribution in [0.15, 0.2) is 29.2 Å². The zero-order chi connectivity index (χ0) is 20.9. The zero-order valence-electron chi connectivity index (χ0n) is 16.1. The van der Waals surface area contributed by atoms with E-state index in [1.165, 1.54) is 12.1 Å². The van der Waals surface area contributed by atoms with Crippen molar-refractivity contribution in [2.24, 2.45) is 5.92 Å². The van der Waals surface area contributed by atoms with Crippen LogP contribution in [0, 0.1) is 5.92 Å². The van der Waals surface area contributed by atoms with Gasteiger partial charge < -0.3 is 4.90 Å². The molecule has 1 heterocycles. The van der Waals surface area contributed by atoms with Crippen molar-refractivity contribution in [3.05, 3.63) is 29.3 Å². The molecule has 1 aromatic carbocycles. The number of nitrogens with zero attached hydrogens (tertiary/aromatic N) is 1. The SMILES string of the molecule is CC(C)CS(=O)(=O)C1CCN(C(=O)CCNS(=O)(=O)c2cccc(Cl)c2)CC1. The first kappa shape index (κ1) is 23.1. The summed E-state index contributed by atoms with van der Waals surface area (Å²) in [6.45, 7) is 4.48. The summed E-state index contributed by atoms with van der Waals surface area (Å²) in [4.78, 5) is 14.0. The Morgan fingerprint density at radius 1 is 1.21 bits per heavy atom. The molecule has 1 aromatic rings. The molecule has 0 aromatic heterocycles. The molecule has 28 heavy (non-hydrogen) atoms. The lowest BCUT2D eigenvalue weighted by molar-refractivity contribution is -0.131. The maximum Gasteiger partial charge on any atom is 0.240 e. The lowest BCUT2D eigenvalue weighted by Gasteiger charge is -2.32. The topological polar surface area (TPSA) is 101 Å². The summed E-state index contributed by atoms with van der Waals surface area (Å²) in [6, 6.07) is 5.89. The normalized spacial score (nSPS) is 16.5. The second-order valence-electron chi connectivity index (χ2n) is 7.41. The van der Waals surface area contributed by atoms with Crippen LogP contribution in [0.1, 0.15) is 33.1 Å². The van der Waals surface area contributed by atoms with E-state index in [4.69, 9.17) is 11.6 Å². The van der Waals surface area contributed by atoms with Crippen molar-refractivity contribution in [2.75, 3.05) is 25.4 Å². The fourth-order valence-corrected chi connectivity index (χ4v) is 6.70. The molecule has 2 rings (SSSR count). The van der Waals surface area contributed by atoms with Gasteiger partial charge in [-0.05, 0) is 37.0 Å². The van der Waals surface area contributed by atoms with Gasteiger partial charge in [0.2, 0.25) is 15.9 Å². The van der Waals surface area contributed by atoms with Crippen LogP contribution in [0.5, 0.6) is 0 Å². The molecule has 1 amide bonds. The van der Waals surface area contributed by atoms with E-state index in [1.807, 2.05) is 13.8 Å². The smallest absolute Gasteiger partial charge is 0.240 e. The van der Waals surface area contributed by atoms with Gasteiger partial charge in [-0.3, -0.25) is 4.79 Å². The summed E-state index contributed by atoms with van der Waals surface area (Å²) >= 11 is 5.81. The van der Waals surface area contributed by atoms with E-state index >= 15 is 0 Å². The minimum atomic E-state index is -3.73. The summed E-state index contributed by atoms with van der Waals surface area (Å²) in [5.41, 5.74) is 0. The molecule has 0 spiro atoms. The van der Waals surface area contributed by atoms with Gasteiger partial charge in [-0.1, -0.05) is 31.5 Å². The van der Waals surface area contributed by atoms with Crippen molar-refractivity contribution < 1.29 is 21.6 Å². The number of likely N-dealkylation sites (tertiary alicyclic amines) is 1. The Morgan fingerprint density at radius 2 is 1.86 bits per heavy atom. The fraction of sp³-hybridized carbons (Fsp3) is 0.611. The number of amides is 1. The molecule has 7 nitrogen and oxygen atoms in total. The number of carbonyl (C=O) groups is 1. The van der Waals surface area contributed by atoms with E-state index in [-0.39, 0.29) is 35.4 Å². The molecule has 0 atom stereocenters. The quantitative estimate of drug-likeness (QED) is 0.653. The largest absolute Gasteiger partial charge is 0.343 e. The molecule has 10 heteroatoms. The number of carbonyl (C=O) groups excluding carboxylic acids is 1. The Kier molecular flexibility index (Phi) is 7.89. The molecule has 1 aliphatic rings. The summed E-state index contributed by atoms with van der Waals surface area (Å²) < 4.78 is 51.5. The minimum absolute atomic E-state index is 0.0171. The Labute approximate surface area is 172 Å². The Hall–Kier alpha value is -1.16. The Morgan fingerprint density at radius 3 is 2.43 bits per heavy atom. The van der Waals surface area contributed by atoms with Crippen LogP contribution in [0.25, 0.3) is 0 Å². The predicted octanol–water partition coefficient (Wildman–Crippen LogP) is 2.07. The van der Waals surface area contributed by atoms with E-state index < -0.39 is 25.1 Å². The maximum atomic E-state index is 12.3. The number of hydrogen-bond acceptors (Lipinski definition) is 5. The lowest BCUT2D eigenvalue weighted by atomic mass is 10.1. The summed E-state index contributed by atoms with van der Waals surface area (Å²) in [5, 5.41) is -0.0884. The number of rotatable bonds is 8. The first-order valence-electron chi connectivity index (χ1n) is 9.26. The molecule has 0 radical (unpaired) electrons. The molecular weight excluding hydrogens is 424 g/mol. The van der Waals surface area contributed by atoms with Crippen molar-refractivity contribution in [1.29, 1.82) is 0 Å². The number of sulfonamides is 1. The van der Waals surface area contributed by atoms with Crippen LogP contribution in [0.3, 0.4) is 0 Å². The second-order valence-corrected chi connectivity index (χ2v) is 11.9. The number of hydrogen-bond donors (Lipinski definition) is 1. The van der Waals surface area contributed by atoms with Gasteiger partial charge in [0.05, 0.1) is 15.9 Å². The van der Waals surface area contributed by atoms with Gasteiger partial charge >= 0.3 is 0 Å². The van der Waals surface area contributed by atoms with E-state index in [1.54, 1.807) is 17.0 Å². The van der Waals surface area contributed by atoms with Crippen molar-refractivity contribution in [3.8, 4) is 0 Å². The third kappa shape index (κ3) is 6.43. The minimum Gasteiger partial charge on any atom is -0.343 e.